The molecule has 2 aromatic heterocycles. The molecule has 23 heavy (non-hydrogen) atoms. The molecule has 118 valence electrons. The molecule has 1 atom stereocenters. The molecule has 4 rings (SSSR count). The number of halogens is 1. The van der Waals surface area contributed by atoms with Gasteiger partial charge >= 0.3 is 0 Å². The summed E-state index contributed by atoms with van der Waals surface area (Å²) in [4.78, 5) is 18.8. The van der Waals surface area contributed by atoms with Gasteiger partial charge in [0.05, 0.1) is 13.2 Å². The van der Waals surface area contributed by atoms with Crippen LogP contribution in [0.5, 0.6) is 0 Å². The van der Waals surface area contributed by atoms with Crippen molar-refractivity contribution >= 4 is 37.4 Å². The minimum Gasteiger partial charge on any atom is -0.370 e. The van der Waals surface area contributed by atoms with E-state index in [4.69, 9.17) is 4.74 Å². The maximum atomic E-state index is 11.8. The summed E-state index contributed by atoms with van der Waals surface area (Å²) in [5, 5.41) is 5.20. The van der Waals surface area contributed by atoms with Gasteiger partial charge < -0.3 is 9.64 Å². The number of nitrogens with zero attached hydrogens (tertiary/aromatic N) is 4. The maximum Gasteiger partial charge on any atom is 0.275 e. The molecule has 1 aliphatic heterocycles. The number of hydrogen-bond acceptors (Lipinski definition) is 6. The lowest BCUT2D eigenvalue weighted by Crippen LogP contribution is -2.38. The van der Waals surface area contributed by atoms with Gasteiger partial charge in [0.15, 0.2) is 0 Å². The van der Waals surface area contributed by atoms with E-state index in [0.29, 0.717) is 18.1 Å². The fourth-order valence-electron chi connectivity index (χ4n) is 2.56. The molecular weight excluding hydrogens is 380 g/mol. The lowest BCUT2D eigenvalue weighted by atomic mass is 10.1. The van der Waals surface area contributed by atoms with Crippen LogP contribution in [-0.4, -0.2) is 34.3 Å². The Morgan fingerprint density at radius 3 is 2.87 bits per heavy atom. The molecule has 0 spiro atoms. The van der Waals surface area contributed by atoms with Crippen molar-refractivity contribution in [2.45, 2.75) is 6.10 Å². The van der Waals surface area contributed by atoms with Gasteiger partial charge in [-0.3, -0.25) is 4.79 Å². The normalized spacial score (nSPS) is 18.5. The van der Waals surface area contributed by atoms with Crippen LogP contribution in [0.25, 0.3) is 4.96 Å². The summed E-state index contributed by atoms with van der Waals surface area (Å²) in [6, 6.07) is 9.56. The van der Waals surface area contributed by atoms with E-state index in [0.717, 1.165) is 21.7 Å². The van der Waals surface area contributed by atoms with E-state index in [1.165, 1.54) is 28.1 Å². The Hall–Kier alpha value is -1.77. The quantitative estimate of drug-likeness (QED) is 0.670. The second-order valence-corrected chi connectivity index (χ2v) is 7.07. The van der Waals surface area contributed by atoms with Crippen molar-refractivity contribution in [3.8, 4) is 0 Å². The molecule has 0 radical (unpaired) electrons. The topological polar surface area (TPSA) is 59.7 Å². The highest BCUT2D eigenvalue weighted by Gasteiger charge is 2.24. The van der Waals surface area contributed by atoms with E-state index in [1.54, 1.807) is 0 Å². The van der Waals surface area contributed by atoms with Crippen LogP contribution >= 0.6 is 27.3 Å². The summed E-state index contributed by atoms with van der Waals surface area (Å²) in [7, 11) is 0. The van der Waals surface area contributed by atoms with Gasteiger partial charge in [0, 0.05) is 23.3 Å². The second kappa shape index (κ2) is 6.03. The van der Waals surface area contributed by atoms with E-state index in [9.17, 15) is 4.79 Å². The Balaban J connectivity index is 1.62. The van der Waals surface area contributed by atoms with Gasteiger partial charge in [-0.05, 0) is 17.7 Å². The third-order valence-electron chi connectivity index (χ3n) is 3.74. The Morgan fingerprint density at radius 1 is 1.26 bits per heavy atom. The van der Waals surface area contributed by atoms with Crippen LogP contribution in [0.2, 0.25) is 0 Å². The Kier molecular flexibility index (Phi) is 3.88. The average Bonchev–Trinajstić information content (AvgIpc) is 3.01. The van der Waals surface area contributed by atoms with Gasteiger partial charge in [-0.1, -0.05) is 39.4 Å². The highest BCUT2D eigenvalue weighted by Crippen LogP contribution is 2.29. The Morgan fingerprint density at radius 2 is 2.09 bits per heavy atom. The largest absolute Gasteiger partial charge is 0.370 e. The number of rotatable bonds is 2. The lowest BCUT2D eigenvalue weighted by Gasteiger charge is -2.32. The summed E-state index contributed by atoms with van der Waals surface area (Å²) < 4.78 is 8.29. The van der Waals surface area contributed by atoms with Crippen LogP contribution in [0.15, 0.2) is 45.8 Å². The van der Waals surface area contributed by atoms with Crippen molar-refractivity contribution in [3.63, 3.8) is 0 Å². The summed E-state index contributed by atoms with van der Waals surface area (Å²) in [5.74, 6) is 0. The molecule has 1 aromatic carbocycles. The first-order valence-corrected chi connectivity index (χ1v) is 8.78. The lowest BCUT2D eigenvalue weighted by molar-refractivity contribution is 0.0397. The molecule has 0 saturated carbocycles. The van der Waals surface area contributed by atoms with Crippen molar-refractivity contribution < 1.29 is 4.74 Å². The van der Waals surface area contributed by atoms with E-state index >= 15 is 0 Å². The number of fused-ring (bicyclic) bond motifs is 1. The fraction of sp³-hybridized carbons (Fsp3) is 0.267. The van der Waals surface area contributed by atoms with E-state index in [1.807, 2.05) is 12.1 Å². The standard InChI is InChI=1S/C15H13BrN4O2S/c16-11-3-1-10(2-4-11)12-9-19(7-8-22-12)15-18-20-13(21)5-6-17-14(20)23-15/h1-6,12H,7-9H2. The third-order valence-corrected chi connectivity index (χ3v) is 5.25. The van der Waals surface area contributed by atoms with Gasteiger partial charge in [0.2, 0.25) is 10.1 Å². The highest BCUT2D eigenvalue weighted by molar-refractivity contribution is 9.10. The predicted octanol–water partition coefficient (Wildman–Crippen LogP) is 2.49. The number of morpholine rings is 1. The van der Waals surface area contributed by atoms with Crippen LogP contribution in [-0.2, 0) is 4.74 Å². The van der Waals surface area contributed by atoms with Gasteiger partial charge in [-0.2, -0.15) is 4.52 Å². The number of anilines is 1. The zero-order chi connectivity index (χ0) is 15.8. The summed E-state index contributed by atoms with van der Waals surface area (Å²) in [5.41, 5.74) is 0.976. The molecule has 0 N–H and O–H groups in total. The predicted molar refractivity (Wildman–Crippen MR) is 92.2 cm³/mol. The minimum absolute atomic E-state index is 0.00598. The maximum absolute atomic E-state index is 11.8. The fourth-order valence-corrected chi connectivity index (χ4v) is 3.74. The number of aromatic nitrogens is 3. The van der Waals surface area contributed by atoms with Crippen LogP contribution in [0.3, 0.4) is 0 Å². The smallest absolute Gasteiger partial charge is 0.275 e. The monoisotopic (exact) mass is 392 g/mol. The third kappa shape index (κ3) is 2.89. The molecular formula is C15H13BrN4O2S. The Labute approximate surface area is 144 Å². The van der Waals surface area contributed by atoms with Crippen molar-refractivity contribution in [2.75, 3.05) is 24.6 Å². The van der Waals surface area contributed by atoms with E-state index in [2.05, 4.69) is 43.0 Å². The molecule has 3 heterocycles. The average molecular weight is 393 g/mol. The van der Waals surface area contributed by atoms with Crippen molar-refractivity contribution in [2.24, 2.45) is 0 Å². The van der Waals surface area contributed by atoms with Crippen molar-refractivity contribution in [1.29, 1.82) is 0 Å². The zero-order valence-corrected chi connectivity index (χ0v) is 14.5. The van der Waals surface area contributed by atoms with Crippen LogP contribution < -0.4 is 10.5 Å². The van der Waals surface area contributed by atoms with Gasteiger partial charge in [0.25, 0.3) is 5.56 Å². The number of benzene rings is 1. The second-order valence-electron chi connectivity index (χ2n) is 5.22. The summed E-state index contributed by atoms with van der Waals surface area (Å²) in [6.07, 6.45) is 1.51. The zero-order valence-electron chi connectivity index (χ0n) is 12.1. The van der Waals surface area contributed by atoms with Crippen LogP contribution in [0, 0.1) is 0 Å². The molecule has 1 unspecified atom stereocenters. The van der Waals surface area contributed by atoms with E-state index < -0.39 is 0 Å². The summed E-state index contributed by atoms with van der Waals surface area (Å²) in [6.45, 7) is 2.08. The first kappa shape index (κ1) is 14.8. The number of hydrogen-bond donors (Lipinski definition) is 0. The first-order chi connectivity index (χ1) is 11.2. The molecule has 0 aliphatic carbocycles. The minimum atomic E-state index is -0.157. The molecule has 0 amide bonds. The van der Waals surface area contributed by atoms with Gasteiger partial charge in [-0.15, -0.1) is 5.10 Å². The number of ether oxygens (including phenoxy) is 1. The molecule has 0 bridgehead atoms. The summed E-state index contributed by atoms with van der Waals surface area (Å²) >= 11 is 4.87. The van der Waals surface area contributed by atoms with Crippen molar-refractivity contribution in [1.82, 2.24) is 14.6 Å². The molecule has 3 aromatic rings. The molecule has 8 heteroatoms. The highest BCUT2D eigenvalue weighted by atomic mass is 79.9. The molecule has 6 nitrogen and oxygen atoms in total. The first-order valence-electron chi connectivity index (χ1n) is 7.17. The molecule has 1 aliphatic rings. The van der Waals surface area contributed by atoms with Crippen LogP contribution in [0.4, 0.5) is 5.13 Å². The molecule has 1 saturated heterocycles. The molecule has 1 fully saturated rings. The van der Waals surface area contributed by atoms with Gasteiger partial charge in [0.1, 0.15) is 6.10 Å². The van der Waals surface area contributed by atoms with Crippen molar-refractivity contribution in [3.05, 3.63) is 56.9 Å². The van der Waals surface area contributed by atoms with Crippen LogP contribution in [0.1, 0.15) is 11.7 Å². The SMILES string of the molecule is O=c1ccnc2sc(N3CCOC(c4ccc(Br)cc4)C3)nn12. The Bertz CT molecular complexity index is 892. The van der Waals surface area contributed by atoms with E-state index in [-0.39, 0.29) is 11.7 Å². The van der Waals surface area contributed by atoms with Gasteiger partial charge in [-0.25, -0.2) is 4.98 Å².